The van der Waals surface area contributed by atoms with Crippen LogP contribution in [0.3, 0.4) is 0 Å². The predicted octanol–water partition coefficient (Wildman–Crippen LogP) is 7.92. The molecule has 9 nitrogen and oxygen atoms in total. The fraction of sp³-hybridized carbons (Fsp3) is 0.447. The summed E-state index contributed by atoms with van der Waals surface area (Å²) in [4.78, 5) is 13.1. The van der Waals surface area contributed by atoms with Gasteiger partial charge in [0.1, 0.15) is 17.2 Å². The first-order chi connectivity index (χ1) is 23.7. The molecule has 6 rings (SSSR count). The Labute approximate surface area is 294 Å². The van der Waals surface area contributed by atoms with E-state index >= 15 is 0 Å². The number of carbonyl (C=O) groups excluding carboxylic acids is 1. The van der Waals surface area contributed by atoms with Crippen LogP contribution >= 0.6 is 0 Å². The molecule has 4 aromatic rings. The molecule has 1 amide bonds. The predicted molar refractivity (Wildman–Crippen MR) is 194 cm³/mol. The highest BCUT2D eigenvalue weighted by molar-refractivity contribution is 7.92. The first-order valence-corrected chi connectivity index (χ1v) is 19.0. The zero-order valence-corrected chi connectivity index (χ0v) is 30.2. The Kier molecular flexibility index (Phi) is 10.5. The zero-order chi connectivity index (χ0) is 35.7. The van der Waals surface area contributed by atoms with Gasteiger partial charge in [-0.3, -0.25) is 9.52 Å². The van der Waals surface area contributed by atoms with Gasteiger partial charge >= 0.3 is 7.12 Å². The van der Waals surface area contributed by atoms with Crippen LogP contribution in [0.4, 0.5) is 10.1 Å². The van der Waals surface area contributed by atoms with Crippen LogP contribution in [0.1, 0.15) is 80.8 Å². The van der Waals surface area contributed by atoms with Crippen LogP contribution in [-0.4, -0.2) is 52.1 Å². The fourth-order valence-electron chi connectivity index (χ4n) is 6.44. The lowest BCUT2D eigenvalue weighted by molar-refractivity contribution is 0.00578. The number of hydrogen-bond donors (Lipinski definition) is 2. The molecule has 1 aliphatic carbocycles. The molecule has 2 N–H and O–H groups in total. The monoisotopic (exact) mass is 704 g/mol. The molecule has 2 aliphatic rings. The molecule has 1 aliphatic heterocycles. The van der Waals surface area contributed by atoms with Crippen molar-refractivity contribution in [2.45, 2.75) is 83.4 Å². The van der Waals surface area contributed by atoms with Crippen LogP contribution < -0.4 is 10.0 Å². The molecular formula is C38H46BFN2O7S. The second kappa shape index (κ2) is 14.5. The van der Waals surface area contributed by atoms with Crippen molar-refractivity contribution in [3.8, 4) is 11.3 Å². The Hall–Kier alpha value is -3.71. The van der Waals surface area contributed by atoms with Gasteiger partial charge in [-0.05, 0) is 113 Å². The third kappa shape index (κ3) is 8.25. The molecule has 0 bridgehead atoms. The quantitative estimate of drug-likeness (QED) is 0.121. The van der Waals surface area contributed by atoms with E-state index in [0.29, 0.717) is 65.9 Å². The fourth-order valence-corrected chi connectivity index (χ4v) is 7.60. The van der Waals surface area contributed by atoms with Crippen LogP contribution in [0, 0.1) is 11.7 Å². The van der Waals surface area contributed by atoms with Gasteiger partial charge in [0.05, 0.1) is 34.8 Å². The van der Waals surface area contributed by atoms with Crippen molar-refractivity contribution < 1.29 is 36.1 Å². The lowest BCUT2D eigenvalue weighted by atomic mass is 9.76. The number of halogens is 1. The van der Waals surface area contributed by atoms with Crippen LogP contribution in [0.15, 0.2) is 71.1 Å². The largest absolute Gasteiger partial charge is 0.458 e. The number of sulfonamides is 1. The number of carbonyl (C=O) groups is 1. The highest BCUT2D eigenvalue weighted by atomic mass is 32.2. The molecule has 50 heavy (non-hydrogen) atoms. The standard InChI is InChI=1S/C38H46BFN2O7S/c1-37(2)38(3,4)49-39(48-37)22-26(24-46-23-25-10-7-6-8-11-25)12-9-19-50(44,45)42-32-21-33-31(20-30(32)27-13-14-27)34(36(43)41-5)35(47-33)28-15-17-29(40)18-16-28/h6-8,10-11,15-18,20-21,26-27,42H,9,12-14,19,22-24H2,1-5H3,(H,41,43). The van der Waals surface area contributed by atoms with E-state index in [4.69, 9.17) is 18.5 Å². The minimum Gasteiger partial charge on any atom is -0.455 e. The first kappa shape index (κ1) is 36.1. The Balaban J connectivity index is 1.18. The molecule has 0 spiro atoms. The van der Waals surface area contributed by atoms with Gasteiger partial charge in [0, 0.05) is 30.7 Å². The highest BCUT2D eigenvalue weighted by Gasteiger charge is 2.51. The number of hydrogen-bond acceptors (Lipinski definition) is 7. The van der Waals surface area contributed by atoms with Gasteiger partial charge in [-0.25, -0.2) is 12.8 Å². The molecular weight excluding hydrogens is 658 g/mol. The van der Waals surface area contributed by atoms with Gasteiger partial charge in [0.15, 0.2) is 0 Å². The van der Waals surface area contributed by atoms with Gasteiger partial charge in [0.25, 0.3) is 5.91 Å². The van der Waals surface area contributed by atoms with E-state index in [0.717, 1.165) is 24.0 Å². The third-order valence-corrected chi connectivity index (χ3v) is 11.4. The number of anilines is 1. The molecule has 2 heterocycles. The minimum absolute atomic E-state index is 0.0121. The van der Waals surface area contributed by atoms with Crippen LogP contribution in [0.5, 0.6) is 0 Å². The Morgan fingerprint density at radius 3 is 2.34 bits per heavy atom. The number of rotatable bonds is 15. The van der Waals surface area contributed by atoms with Crippen molar-refractivity contribution in [1.29, 1.82) is 0 Å². The number of fused-ring (bicyclic) bond motifs is 1. The summed E-state index contributed by atoms with van der Waals surface area (Å²) in [7, 11) is -2.63. The minimum atomic E-state index is -3.75. The highest BCUT2D eigenvalue weighted by Crippen LogP contribution is 2.47. The average molecular weight is 705 g/mol. The maximum absolute atomic E-state index is 13.7. The third-order valence-electron chi connectivity index (χ3n) is 10.0. The van der Waals surface area contributed by atoms with Crippen molar-refractivity contribution >= 4 is 39.7 Å². The van der Waals surface area contributed by atoms with Gasteiger partial charge < -0.3 is 23.8 Å². The van der Waals surface area contributed by atoms with E-state index in [2.05, 4.69) is 10.0 Å². The summed E-state index contributed by atoms with van der Waals surface area (Å²) in [5.41, 5.74) is 2.65. The molecule has 266 valence electrons. The molecule has 0 radical (unpaired) electrons. The second-order valence-electron chi connectivity index (χ2n) is 14.5. The lowest BCUT2D eigenvalue weighted by Crippen LogP contribution is -2.41. The Bertz CT molecular complexity index is 1910. The summed E-state index contributed by atoms with van der Waals surface area (Å²) < 4.78 is 68.5. The van der Waals surface area contributed by atoms with E-state index in [1.165, 1.54) is 19.2 Å². The second-order valence-corrected chi connectivity index (χ2v) is 16.3. The average Bonchev–Trinajstić information content (AvgIpc) is 3.80. The summed E-state index contributed by atoms with van der Waals surface area (Å²) in [6.07, 6.45) is 3.43. The molecule has 1 saturated carbocycles. The molecule has 1 aromatic heterocycles. The number of amides is 1. The van der Waals surface area contributed by atoms with Crippen LogP contribution in [0.2, 0.25) is 6.32 Å². The summed E-state index contributed by atoms with van der Waals surface area (Å²) in [6.45, 7) is 8.98. The smallest absolute Gasteiger partial charge is 0.455 e. The van der Waals surface area contributed by atoms with E-state index in [1.807, 2.05) is 64.1 Å². The van der Waals surface area contributed by atoms with Gasteiger partial charge in [0.2, 0.25) is 10.0 Å². The molecule has 2 fully saturated rings. The number of ether oxygens (including phenoxy) is 1. The van der Waals surface area contributed by atoms with Gasteiger partial charge in [-0.1, -0.05) is 30.3 Å². The Morgan fingerprint density at radius 1 is 1.02 bits per heavy atom. The SMILES string of the molecule is CNC(=O)c1c(-c2ccc(F)cc2)oc2cc(NS(=O)(=O)CCCC(COCc3ccccc3)CB3OC(C)(C)C(C)(C)O3)c(C3CC3)cc12. The normalized spacial score (nSPS) is 17.6. The summed E-state index contributed by atoms with van der Waals surface area (Å²) in [5.74, 6) is -0.360. The summed E-state index contributed by atoms with van der Waals surface area (Å²) >= 11 is 0. The molecule has 1 unspecified atom stereocenters. The van der Waals surface area contributed by atoms with Crippen molar-refractivity contribution in [1.82, 2.24) is 5.32 Å². The first-order valence-electron chi connectivity index (χ1n) is 17.3. The topological polar surface area (TPSA) is 116 Å². The molecule has 3 aromatic carbocycles. The maximum atomic E-state index is 13.7. The molecule has 1 atom stereocenters. The Morgan fingerprint density at radius 2 is 1.70 bits per heavy atom. The van der Waals surface area contributed by atoms with Crippen molar-refractivity contribution in [2.24, 2.45) is 5.92 Å². The zero-order valence-electron chi connectivity index (χ0n) is 29.4. The summed E-state index contributed by atoms with van der Waals surface area (Å²) in [6, 6.07) is 19.2. The van der Waals surface area contributed by atoms with E-state index in [-0.39, 0.29) is 23.5 Å². The molecule has 1 saturated heterocycles. The van der Waals surface area contributed by atoms with Crippen molar-refractivity contribution in [3.05, 3.63) is 89.2 Å². The van der Waals surface area contributed by atoms with E-state index in [1.54, 1.807) is 18.2 Å². The maximum Gasteiger partial charge on any atom is 0.458 e. The lowest BCUT2D eigenvalue weighted by Gasteiger charge is -2.32. The van der Waals surface area contributed by atoms with E-state index < -0.39 is 34.2 Å². The van der Waals surface area contributed by atoms with Gasteiger partial charge in [-0.15, -0.1) is 0 Å². The number of nitrogens with one attached hydrogen (secondary N) is 2. The summed E-state index contributed by atoms with van der Waals surface area (Å²) in [5, 5.41) is 3.25. The molecule has 12 heteroatoms. The number of furan rings is 1. The van der Waals surface area contributed by atoms with Crippen LogP contribution in [-0.2, 0) is 30.7 Å². The number of benzene rings is 3. The van der Waals surface area contributed by atoms with Crippen molar-refractivity contribution in [2.75, 3.05) is 24.1 Å². The van der Waals surface area contributed by atoms with E-state index in [9.17, 15) is 17.6 Å². The van der Waals surface area contributed by atoms with Crippen molar-refractivity contribution in [3.63, 3.8) is 0 Å². The van der Waals surface area contributed by atoms with Gasteiger partial charge in [-0.2, -0.15) is 0 Å². The van der Waals surface area contributed by atoms with Crippen LogP contribution in [0.25, 0.3) is 22.3 Å².